The largest absolute Gasteiger partial charge is 0.497 e. The van der Waals surface area contributed by atoms with Gasteiger partial charge in [0.05, 0.1) is 22.2 Å². The number of rotatable bonds is 6. The number of nitrogens with zero attached hydrogens (tertiary/aromatic N) is 1. The molecule has 7 nitrogen and oxygen atoms in total. The molecule has 0 spiro atoms. The van der Waals surface area contributed by atoms with E-state index in [0.717, 1.165) is 16.8 Å². The summed E-state index contributed by atoms with van der Waals surface area (Å²) in [7, 11) is -2.41. The topological polar surface area (TPSA) is 97.4 Å². The SMILES string of the molecule is COc1ccc2nc(NC(=O)c3cc(S(=O)(=O)Nc4ccc(F)cc4)ccc3C)sc2c1. The summed E-state index contributed by atoms with van der Waals surface area (Å²) in [6.45, 7) is 1.71. The second-order valence-corrected chi connectivity index (χ2v) is 9.61. The number of methoxy groups -OCH3 is 1. The smallest absolute Gasteiger partial charge is 0.261 e. The van der Waals surface area contributed by atoms with Gasteiger partial charge < -0.3 is 4.74 Å². The summed E-state index contributed by atoms with van der Waals surface area (Å²) in [4.78, 5) is 17.2. The lowest BCUT2D eigenvalue weighted by Crippen LogP contribution is -2.17. The Labute approximate surface area is 187 Å². The number of thiazole rings is 1. The van der Waals surface area contributed by atoms with E-state index in [1.54, 1.807) is 32.2 Å². The average molecular weight is 472 g/mol. The molecule has 1 amide bonds. The number of aromatic nitrogens is 1. The molecule has 1 heterocycles. The third-order valence-corrected chi connectivity index (χ3v) is 6.99. The van der Waals surface area contributed by atoms with Crippen LogP contribution in [-0.2, 0) is 10.0 Å². The average Bonchev–Trinajstić information content (AvgIpc) is 3.16. The van der Waals surface area contributed by atoms with Crippen LogP contribution in [0.3, 0.4) is 0 Å². The molecule has 10 heteroatoms. The molecule has 164 valence electrons. The first-order chi connectivity index (χ1) is 15.2. The van der Waals surface area contributed by atoms with Crippen molar-refractivity contribution >= 4 is 48.3 Å². The molecule has 0 aliphatic rings. The quantitative estimate of drug-likeness (QED) is 0.421. The van der Waals surface area contributed by atoms with E-state index in [-0.39, 0.29) is 16.1 Å². The number of sulfonamides is 1. The second kappa shape index (κ2) is 8.56. The van der Waals surface area contributed by atoms with Crippen LogP contribution >= 0.6 is 11.3 Å². The van der Waals surface area contributed by atoms with Gasteiger partial charge in [0.2, 0.25) is 0 Å². The third-order valence-electron chi connectivity index (χ3n) is 4.68. The number of amides is 1. The number of halogens is 1. The molecule has 0 fully saturated rings. The summed E-state index contributed by atoms with van der Waals surface area (Å²) < 4.78 is 47.0. The van der Waals surface area contributed by atoms with Crippen LogP contribution in [0.4, 0.5) is 15.2 Å². The van der Waals surface area contributed by atoms with E-state index in [1.165, 1.54) is 35.6 Å². The van der Waals surface area contributed by atoms with Crippen LogP contribution in [0.25, 0.3) is 10.2 Å². The van der Waals surface area contributed by atoms with Crippen molar-refractivity contribution < 1.29 is 22.3 Å². The van der Waals surface area contributed by atoms with Gasteiger partial charge in [-0.1, -0.05) is 17.4 Å². The number of nitrogens with one attached hydrogen (secondary N) is 2. The van der Waals surface area contributed by atoms with Crippen molar-refractivity contribution in [2.75, 3.05) is 17.1 Å². The monoisotopic (exact) mass is 471 g/mol. The maximum absolute atomic E-state index is 13.1. The Morgan fingerprint density at radius 2 is 1.81 bits per heavy atom. The van der Waals surface area contributed by atoms with Gasteiger partial charge in [0.1, 0.15) is 11.6 Å². The highest BCUT2D eigenvalue weighted by atomic mass is 32.2. The molecule has 2 N–H and O–H groups in total. The molecule has 0 saturated heterocycles. The number of anilines is 2. The van der Waals surface area contributed by atoms with Gasteiger partial charge in [0, 0.05) is 11.3 Å². The Balaban J connectivity index is 1.59. The van der Waals surface area contributed by atoms with Crippen molar-refractivity contribution in [3.8, 4) is 5.75 Å². The van der Waals surface area contributed by atoms with Crippen molar-refractivity contribution in [1.82, 2.24) is 4.98 Å². The van der Waals surface area contributed by atoms with E-state index in [0.29, 0.717) is 22.0 Å². The van der Waals surface area contributed by atoms with Gasteiger partial charge in [-0.05, 0) is 67.1 Å². The highest BCUT2D eigenvalue weighted by Crippen LogP contribution is 2.30. The number of hydrogen-bond donors (Lipinski definition) is 2. The lowest BCUT2D eigenvalue weighted by Gasteiger charge is -2.11. The Kier molecular flexibility index (Phi) is 5.81. The highest BCUT2D eigenvalue weighted by Gasteiger charge is 2.19. The molecule has 0 aliphatic carbocycles. The van der Waals surface area contributed by atoms with Crippen LogP contribution in [0.1, 0.15) is 15.9 Å². The zero-order valence-electron chi connectivity index (χ0n) is 17.0. The number of fused-ring (bicyclic) bond motifs is 1. The van der Waals surface area contributed by atoms with Crippen molar-refractivity contribution in [2.45, 2.75) is 11.8 Å². The number of hydrogen-bond acceptors (Lipinski definition) is 6. The molecule has 0 unspecified atom stereocenters. The van der Waals surface area contributed by atoms with Crippen LogP contribution < -0.4 is 14.8 Å². The maximum atomic E-state index is 13.1. The van der Waals surface area contributed by atoms with E-state index < -0.39 is 21.7 Å². The number of aryl methyl sites for hydroxylation is 1. The molecular weight excluding hydrogens is 453 g/mol. The van der Waals surface area contributed by atoms with Crippen LogP contribution in [0.5, 0.6) is 5.75 Å². The fourth-order valence-electron chi connectivity index (χ4n) is 2.99. The third kappa shape index (κ3) is 4.56. The predicted octanol–water partition coefficient (Wildman–Crippen LogP) is 4.81. The molecule has 0 bridgehead atoms. The summed E-state index contributed by atoms with van der Waals surface area (Å²) in [5.74, 6) is -0.274. The normalized spacial score (nSPS) is 11.3. The van der Waals surface area contributed by atoms with Crippen molar-refractivity contribution in [1.29, 1.82) is 0 Å². The Hall–Kier alpha value is -3.50. The van der Waals surface area contributed by atoms with Crippen molar-refractivity contribution in [3.63, 3.8) is 0 Å². The van der Waals surface area contributed by atoms with E-state index in [4.69, 9.17) is 4.74 Å². The Morgan fingerprint density at radius 1 is 1.06 bits per heavy atom. The number of ether oxygens (including phenoxy) is 1. The highest BCUT2D eigenvalue weighted by molar-refractivity contribution is 7.92. The summed E-state index contributed by atoms with van der Waals surface area (Å²) in [6.07, 6.45) is 0. The Bertz CT molecular complexity index is 1420. The predicted molar refractivity (Wildman–Crippen MR) is 123 cm³/mol. The molecule has 4 aromatic rings. The summed E-state index contributed by atoms with van der Waals surface area (Å²) in [6, 6.07) is 14.6. The minimum absolute atomic E-state index is 0.0911. The fraction of sp³-hybridized carbons (Fsp3) is 0.0909. The van der Waals surface area contributed by atoms with Gasteiger partial charge in [0.25, 0.3) is 15.9 Å². The van der Waals surface area contributed by atoms with E-state index in [2.05, 4.69) is 15.0 Å². The molecule has 4 rings (SSSR count). The first kappa shape index (κ1) is 21.7. The maximum Gasteiger partial charge on any atom is 0.261 e. The van der Waals surface area contributed by atoms with Gasteiger partial charge >= 0.3 is 0 Å². The van der Waals surface area contributed by atoms with Crippen LogP contribution in [0.15, 0.2) is 65.6 Å². The minimum atomic E-state index is -3.98. The first-order valence-corrected chi connectivity index (χ1v) is 11.7. The summed E-state index contributed by atoms with van der Waals surface area (Å²) in [5, 5.41) is 3.12. The molecular formula is C22H18FN3O4S2. The van der Waals surface area contributed by atoms with Crippen molar-refractivity contribution in [3.05, 3.63) is 77.6 Å². The molecule has 0 aliphatic heterocycles. The van der Waals surface area contributed by atoms with Crippen molar-refractivity contribution in [2.24, 2.45) is 0 Å². The van der Waals surface area contributed by atoms with Crippen LogP contribution in [-0.4, -0.2) is 26.4 Å². The van der Waals surface area contributed by atoms with Gasteiger partial charge in [0.15, 0.2) is 5.13 Å². The lowest BCUT2D eigenvalue weighted by atomic mass is 10.1. The minimum Gasteiger partial charge on any atom is -0.497 e. The molecule has 0 saturated carbocycles. The molecule has 32 heavy (non-hydrogen) atoms. The van der Waals surface area contributed by atoms with Crippen LogP contribution in [0, 0.1) is 12.7 Å². The molecule has 0 atom stereocenters. The van der Waals surface area contributed by atoms with Gasteiger partial charge in [-0.2, -0.15) is 0 Å². The fourth-order valence-corrected chi connectivity index (χ4v) is 4.97. The van der Waals surface area contributed by atoms with Crippen LogP contribution in [0.2, 0.25) is 0 Å². The van der Waals surface area contributed by atoms with E-state index in [1.807, 2.05) is 6.07 Å². The number of carbonyl (C=O) groups is 1. The Morgan fingerprint density at radius 3 is 2.53 bits per heavy atom. The zero-order valence-corrected chi connectivity index (χ0v) is 18.7. The van der Waals surface area contributed by atoms with Gasteiger partial charge in [-0.3, -0.25) is 14.8 Å². The number of carbonyl (C=O) groups excluding carboxylic acids is 1. The second-order valence-electron chi connectivity index (χ2n) is 6.90. The molecule has 3 aromatic carbocycles. The van der Waals surface area contributed by atoms with Gasteiger partial charge in [-0.15, -0.1) is 0 Å². The lowest BCUT2D eigenvalue weighted by molar-refractivity contribution is 0.102. The summed E-state index contributed by atoms with van der Waals surface area (Å²) >= 11 is 1.28. The number of benzene rings is 3. The van der Waals surface area contributed by atoms with Gasteiger partial charge in [-0.25, -0.2) is 17.8 Å². The molecule has 0 radical (unpaired) electrons. The van der Waals surface area contributed by atoms with E-state index >= 15 is 0 Å². The summed E-state index contributed by atoms with van der Waals surface area (Å²) in [5.41, 5.74) is 1.72. The molecule has 1 aromatic heterocycles. The zero-order chi connectivity index (χ0) is 22.9. The standard InChI is InChI=1S/C22H18FN3O4S2/c1-13-3-9-17(32(28,29)26-15-6-4-14(23)5-7-15)12-18(13)21(27)25-22-24-19-10-8-16(30-2)11-20(19)31-22/h3-12,26H,1-2H3,(H,24,25,27). The first-order valence-electron chi connectivity index (χ1n) is 9.40. The van der Waals surface area contributed by atoms with E-state index in [9.17, 15) is 17.6 Å².